The number of rotatable bonds is 8. The SMILES string of the molecule is CCCc1ccc(OCCCC(=O)NC(C)C)cc1. The molecule has 3 nitrogen and oxygen atoms in total. The van der Waals surface area contributed by atoms with E-state index < -0.39 is 0 Å². The molecule has 0 atom stereocenters. The van der Waals surface area contributed by atoms with Crippen LogP contribution in [0.3, 0.4) is 0 Å². The number of aryl methyl sites for hydroxylation is 1. The highest BCUT2D eigenvalue weighted by Gasteiger charge is 2.03. The molecule has 0 spiro atoms. The van der Waals surface area contributed by atoms with Crippen molar-refractivity contribution >= 4 is 5.91 Å². The maximum absolute atomic E-state index is 11.4. The summed E-state index contributed by atoms with van der Waals surface area (Å²) in [5.41, 5.74) is 1.34. The standard InChI is InChI=1S/C16H25NO2/c1-4-6-14-8-10-15(11-9-14)19-12-5-7-16(18)17-13(2)3/h8-11,13H,4-7,12H2,1-3H3,(H,17,18). The van der Waals surface area contributed by atoms with Crippen LogP contribution in [-0.2, 0) is 11.2 Å². The highest BCUT2D eigenvalue weighted by molar-refractivity contribution is 5.76. The largest absolute Gasteiger partial charge is 0.494 e. The molecule has 1 aromatic carbocycles. The number of nitrogens with one attached hydrogen (secondary N) is 1. The molecular formula is C16H25NO2. The Hall–Kier alpha value is -1.51. The van der Waals surface area contributed by atoms with Crippen molar-refractivity contribution in [3.8, 4) is 5.75 Å². The van der Waals surface area contributed by atoms with E-state index in [1.54, 1.807) is 0 Å². The smallest absolute Gasteiger partial charge is 0.220 e. The highest BCUT2D eigenvalue weighted by atomic mass is 16.5. The van der Waals surface area contributed by atoms with Crippen molar-refractivity contribution in [1.82, 2.24) is 5.32 Å². The molecule has 0 fully saturated rings. The summed E-state index contributed by atoms with van der Waals surface area (Å²) in [5, 5.41) is 2.87. The van der Waals surface area contributed by atoms with Crippen LogP contribution in [0.5, 0.6) is 5.75 Å². The molecule has 106 valence electrons. The highest BCUT2D eigenvalue weighted by Crippen LogP contribution is 2.13. The molecule has 1 amide bonds. The van der Waals surface area contributed by atoms with Crippen molar-refractivity contribution in [2.75, 3.05) is 6.61 Å². The van der Waals surface area contributed by atoms with Gasteiger partial charge < -0.3 is 10.1 Å². The summed E-state index contributed by atoms with van der Waals surface area (Å²) in [4.78, 5) is 11.4. The minimum Gasteiger partial charge on any atom is -0.494 e. The van der Waals surface area contributed by atoms with Crippen LogP contribution in [0.2, 0.25) is 0 Å². The zero-order valence-electron chi connectivity index (χ0n) is 12.2. The van der Waals surface area contributed by atoms with Gasteiger partial charge in [0.05, 0.1) is 6.61 Å². The van der Waals surface area contributed by atoms with Gasteiger partial charge in [-0.3, -0.25) is 4.79 Å². The molecule has 19 heavy (non-hydrogen) atoms. The van der Waals surface area contributed by atoms with Crippen molar-refractivity contribution in [1.29, 1.82) is 0 Å². The Balaban J connectivity index is 2.20. The number of amides is 1. The summed E-state index contributed by atoms with van der Waals surface area (Å²) in [6, 6.07) is 8.41. The van der Waals surface area contributed by atoms with Crippen molar-refractivity contribution < 1.29 is 9.53 Å². The molecule has 3 heteroatoms. The third-order valence-electron chi connectivity index (χ3n) is 2.73. The predicted octanol–water partition coefficient (Wildman–Crippen LogP) is 3.32. The van der Waals surface area contributed by atoms with E-state index in [1.807, 2.05) is 26.0 Å². The minimum atomic E-state index is 0.0943. The van der Waals surface area contributed by atoms with E-state index in [2.05, 4.69) is 24.4 Å². The average molecular weight is 263 g/mol. The maximum Gasteiger partial charge on any atom is 0.220 e. The molecule has 0 bridgehead atoms. The lowest BCUT2D eigenvalue weighted by Gasteiger charge is -2.09. The van der Waals surface area contributed by atoms with E-state index >= 15 is 0 Å². The fourth-order valence-corrected chi connectivity index (χ4v) is 1.86. The van der Waals surface area contributed by atoms with Gasteiger partial charge >= 0.3 is 0 Å². The van der Waals surface area contributed by atoms with Gasteiger partial charge in [0, 0.05) is 12.5 Å². The second kappa shape index (κ2) is 8.57. The lowest BCUT2D eigenvalue weighted by molar-refractivity contribution is -0.121. The fourth-order valence-electron chi connectivity index (χ4n) is 1.86. The van der Waals surface area contributed by atoms with Crippen LogP contribution in [0.25, 0.3) is 0 Å². The quantitative estimate of drug-likeness (QED) is 0.731. The van der Waals surface area contributed by atoms with Gasteiger partial charge in [0.2, 0.25) is 5.91 Å². The predicted molar refractivity (Wildman–Crippen MR) is 78.4 cm³/mol. The van der Waals surface area contributed by atoms with Crippen LogP contribution in [0.4, 0.5) is 0 Å². The summed E-state index contributed by atoms with van der Waals surface area (Å²) < 4.78 is 5.61. The monoisotopic (exact) mass is 263 g/mol. The molecule has 1 aromatic rings. The Labute approximate surface area is 116 Å². The Morgan fingerprint density at radius 2 is 1.95 bits per heavy atom. The lowest BCUT2D eigenvalue weighted by atomic mass is 10.1. The Morgan fingerprint density at radius 3 is 2.53 bits per heavy atom. The first-order chi connectivity index (χ1) is 9.11. The summed E-state index contributed by atoms with van der Waals surface area (Å²) in [6.07, 6.45) is 3.53. The summed E-state index contributed by atoms with van der Waals surface area (Å²) in [6.45, 7) is 6.68. The minimum absolute atomic E-state index is 0.0943. The van der Waals surface area contributed by atoms with Gasteiger partial charge in [-0.2, -0.15) is 0 Å². The maximum atomic E-state index is 11.4. The molecule has 0 saturated heterocycles. The van der Waals surface area contributed by atoms with Gasteiger partial charge in [-0.1, -0.05) is 25.5 Å². The molecule has 1 N–H and O–H groups in total. The van der Waals surface area contributed by atoms with Crippen LogP contribution < -0.4 is 10.1 Å². The first kappa shape index (κ1) is 15.5. The number of hydrogen-bond acceptors (Lipinski definition) is 2. The van der Waals surface area contributed by atoms with Crippen LogP contribution in [0.15, 0.2) is 24.3 Å². The molecule has 0 aromatic heterocycles. The van der Waals surface area contributed by atoms with E-state index in [0.29, 0.717) is 13.0 Å². The van der Waals surface area contributed by atoms with Crippen LogP contribution in [0, 0.1) is 0 Å². The average Bonchev–Trinajstić information content (AvgIpc) is 2.36. The number of ether oxygens (including phenoxy) is 1. The number of carbonyl (C=O) groups is 1. The summed E-state index contributed by atoms with van der Waals surface area (Å²) >= 11 is 0. The van der Waals surface area contributed by atoms with Crippen LogP contribution in [-0.4, -0.2) is 18.6 Å². The van der Waals surface area contributed by atoms with Crippen LogP contribution in [0.1, 0.15) is 45.6 Å². The Morgan fingerprint density at radius 1 is 1.26 bits per heavy atom. The third-order valence-corrected chi connectivity index (χ3v) is 2.73. The van der Waals surface area contributed by atoms with E-state index in [4.69, 9.17) is 4.74 Å². The van der Waals surface area contributed by atoms with Gasteiger partial charge in [0.25, 0.3) is 0 Å². The van der Waals surface area contributed by atoms with Gasteiger partial charge in [-0.25, -0.2) is 0 Å². The van der Waals surface area contributed by atoms with Crippen molar-refractivity contribution in [2.24, 2.45) is 0 Å². The Bertz CT molecular complexity index is 371. The van der Waals surface area contributed by atoms with Crippen molar-refractivity contribution in [3.05, 3.63) is 29.8 Å². The Kier molecular flexibility index (Phi) is 7.01. The van der Waals surface area contributed by atoms with Crippen LogP contribution >= 0.6 is 0 Å². The van der Waals surface area contributed by atoms with Crippen molar-refractivity contribution in [2.45, 2.75) is 52.5 Å². The molecule has 0 aliphatic carbocycles. The van der Waals surface area contributed by atoms with Crippen molar-refractivity contribution in [3.63, 3.8) is 0 Å². The van der Waals surface area contributed by atoms with Gasteiger partial charge in [-0.05, 0) is 44.4 Å². The lowest BCUT2D eigenvalue weighted by Crippen LogP contribution is -2.30. The topological polar surface area (TPSA) is 38.3 Å². The molecule has 0 unspecified atom stereocenters. The van der Waals surface area contributed by atoms with E-state index in [-0.39, 0.29) is 11.9 Å². The first-order valence-electron chi connectivity index (χ1n) is 7.13. The molecule has 0 radical (unpaired) electrons. The molecule has 0 saturated carbocycles. The summed E-state index contributed by atoms with van der Waals surface area (Å²) in [5.74, 6) is 0.973. The van der Waals surface area contributed by atoms with Gasteiger partial charge in [0.15, 0.2) is 0 Å². The number of carbonyl (C=O) groups excluding carboxylic acids is 1. The van der Waals surface area contributed by atoms with Gasteiger partial charge in [0.1, 0.15) is 5.75 Å². The second-order valence-electron chi connectivity index (χ2n) is 5.07. The van der Waals surface area contributed by atoms with Gasteiger partial charge in [-0.15, -0.1) is 0 Å². The zero-order valence-corrected chi connectivity index (χ0v) is 12.2. The van der Waals surface area contributed by atoms with E-state index in [1.165, 1.54) is 5.56 Å². The molecular weight excluding hydrogens is 238 g/mol. The summed E-state index contributed by atoms with van der Waals surface area (Å²) in [7, 11) is 0. The van der Waals surface area contributed by atoms with E-state index in [9.17, 15) is 4.79 Å². The normalized spacial score (nSPS) is 10.5. The zero-order chi connectivity index (χ0) is 14.1. The molecule has 1 rings (SSSR count). The fraction of sp³-hybridized carbons (Fsp3) is 0.562. The second-order valence-corrected chi connectivity index (χ2v) is 5.07. The first-order valence-corrected chi connectivity index (χ1v) is 7.13. The van der Waals surface area contributed by atoms with E-state index in [0.717, 1.165) is 25.0 Å². The molecule has 0 aliphatic heterocycles. The third kappa shape index (κ3) is 6.85. The molecule has 0 aliphatic rings. The number of hydrogen-bond donors (Lipinski definition) is 1. The molecule has 0 heterocycles. The number of benzene rings is 1.